The molecule has 15 heavy (non-hydrogen) atoms. The van der Waals surface area contributed by atoms with Crippen LogP contribution in [0.1, 0.15) is 12.0 Å². The molecule has 2 rings (SSSR count). The molecule has 0 saturated carbocycles. The highest BCUT2D eigenvalue weighted by Gasteiger charge is 2.31. The minimum Gasteiger partial charge on any atom is -0.443 e. The molecule has 1 heterocycles. The standard InChI is InChI=1S/C10H9F2NO2/c11-10(12,3-4-14)7-1-2-8-9(5-7)15-6-13-8/h1-2,5-6,14H,3-4H2. The summed E-state index contributed by atoms with van der Waals surface area (Å²) in [7, 11) is 0. The van der Waals surface area contributed by atoms with Crippen LogP contribution < -0.4 is 0 Å². The number of aromatic nitrogens is 1. The lowest BCUT2D eigenvalue weighted by atomic mass is 10.1. The van der Waals surface area contributed by atoms with Gasteiger partial charge in [0.15, 0.2) is 12.0 Å². The van der Waals surface area contributed by atoms with Crippen molar-refractivity contribution in [2.75, 3.05) is 6.61 Å². The van der Waals surface area contributed by atoms with Crippen molar-refractivity contribution in [2.45, 2.75) is 12.3 Å². The van der Waals surface area contributed by atoms with Crippen LogP contribution in [-0.4, -0.2) is 16.7 Å². The zero-order chi connectivity index (χ0) is 10.9. The number of aliphatic hydroxyl groups is 1. The third-order valence-corrected chi connectivity index (χ3v) is 2.18. The minimum atomic E-state index is -3.03. The molecule has 0 radical (unpaired) electrons. The highest BCUT2D eigenvalue weighted by molar-refractivity contribution is 5.72. The summed E-state index contributed by atoms with van der Waals surface area (Å²) in [5, 5.41) is 8.52. The molecule has 0 atom stereocenters. The third kappa shape index (κ3) is 1.83. The zero-order valence-electron chi connectivity index (χ0n) is 7.78. The maximum Gasteiger partial charge on any atom is 0.275 e. The molecule has 1 N–H and O–H groups in total. The van der Waals surface area contributed by atoms with E-state index in [1.165, 1.54) is 24.6 Å². The lowest BCUT2D eigenvalue weighted by Gasteiger charge is -2.14. The first-order valence-electron chi connectivity index (χ1n) is 4.46. The van der Waals surface area contributed by atoms with Gasteiger partial charge in [-0.15, -0.1) is 0 Å². The van der Waals surface area contributed by atoms with E-state index in [1.54, 1.807) is 0 Å². The van der Waals surface area contributed by atoms with Gasteiger partial charge in [0.1, 0.15) is 5.52 Å². The molecule has 0 aliphatic heterocycles. The van der Waals surface area contributed by atoms with Gasteiger partial charge in [0.05, 0.1) is 0 Å². The predicted octanol–water partition coefficient (Wildman–Crippen LogP) is 2.30. The van der Waals surface area contributed by atoms with E-state index >= 15 is 0 Å². The van der Waals surface area contributed by atoms with Crippen molar-refractivity contribution in [3.05, 3.63) is 30.2 Å². The summed E-state index contributed by atoms with van der Waals surface area (Å²) in [5.41, 5.74) is 0.699. The fourth-order valence-electron chi connectivity index (χ4n) is 1.37. The number of nitrogens with zero attached hydrogens (tertiary/aromatic N) is 1. The van der Waals surface area contributed by atoms with Crippen molar-refractivity contribution < 1.29 is 18.3 Å². The number of oxazole rings is 1. The second-order valence-electron chi connectivity index (χ2n) is 3.21. The van der Waals surface area contributed by atoms with Crippen LogP contribution in [0.2, 0.25) is 0 Å². The van der Waals surface area contributed by atoms with E-state index in [1.807, 2.05) is 0 Å². The Balaban J connectivity index is 2.42. The van der Waals surface area contributed by atoms with Crippen molar-refractivity contribution >= 4 is 11.1 Å². The normalized spacial score (nSPS) is 12.2. The topological polar surface area (TPSA) is 46.3 Å². The van der Waals surface area contributed by atoms with Crippen LogP contribution in [0.3, 0.4) is 0 Å². The molecule has 0 saturated heterocycles. The molecule has 3 nitrogen and oxygen atoms in total. The Bertz CT molecular complexity index is 467. The summed E-state index contributed by atoms with van der Waals surface area (Å²) < 4.78 is 31.7. The number of alkyl halides is 2. The number of hydrogen-bond acceptors (Lipinski definition) is 3. The molecule has 2 aromatic rings. The molecular formula is C10H9F2NO2. The van der Waals surface area contributed by atoms with Crippen LogP contribution in [0.15, 0.2) is 29.0 Å². The monoisotopic (exact) mass is 213 g/mol. The van der Waals surface area contributed by atoms with Crippen molar-refractivity contribution in [3.63, 3.8) is 0 Å². The first kappa shape index (κ1) is 10.0. The van der Waals surface area contributed by atoms with Gasteiger partial charge in [-0.25, -0.2) is 13.8 Å². The summed E-state index contributed by atoms with van der Waals surface area (Å²) in [5.74, 6) is -3.03. The molecule has 0 aliphatic rings. The van der Waals surface area contributed by atoms with Crippen molar-refractivity contribution in [1.82, 2.24) is 4.98 Å². The maximum absolute atomic E-state index is 13.4. The lowest BCUT2D eigenvalue weighted by molar-refractivity contribution is -0.0269. The Labute approximate surface area is 84.3 Å². The Morgan fingerprint density at radius 3 is 2.93 bits per heavy atom. The highest BCUT2D eigenvalue weighted by Crippen LogP contribution is 2.32. The summed E-state index contributed by atoms with van der Waals surface area (Å²) >= 11 is 0. The van der Waals surface area contributed by atoms with Gasteiger partial charge in [0.2, 0.25) is 0 Å². The fourth-order valence-corrected chi connectivity index (χ4v) is 1.37. The van der Waals surface area contributed by atoms with Crippen LogP contribution in [0, 0.1) is 0 Å². The van der Waals surface area contributed by atoms with Gasteiger partial charge in [-0.2, -0.15) is 0 Å². The smallest absolute Gasteiger partial charge is 0.275 e. The van der Waals surface area contributed by atoms with Gasteiger partial charge in [-0.1, -0.05) is 6.07 Å². The first-order chi connectivity index (χ1) is 7.13. The third-order valence-electron chi connectivity index (χ3n) is 2.18. The molecule has 0 amide bonds. The highest BCUT2D eigenvalue weighted by atomic mass is 19.3. The molecular weight excluding hydrogens is 204 g/mol. The zero-order valence-corrected chi connectivity index (χ0v) is 7.78. The van der Waals surface area contributed by atoms with E-state index < -0.39 is 19.0 Å². The van der Waals surface area contributed by atoms with Crippen molar-refractivity contribution in [1.29, 1.82) is 0 Å². The van der Waals surface area contributed by atoms with Crippen LogP contribution in [0.25, 0.3) is 11.1 Å². The van der Waals surface area contributed by atoms with E-state index in [0.717, 1.165) is 0 Å². The first-order valence-corrected chi connectivity index (χ1v) is 4.46. The second kappa shape index (κ2) is 3.58. The number of hydrogen-bond donors (Lipinski definition) is 1. The summed E-state index contributed by atoms with van der Waals surface area (Å²) in [6.45, 7) is -0.554. The Morgan fingerprint density at radius 1 is 1.40 bits per heavy atom. The average molecular weight is 213 g/mol. The quantitative estimate of drug-likeness (QED) is 0.850. The molecule has 5 heteroatoms. The van der Waals surface area contributed by atoms with Gasteiger partial charge in [-0.3, -0.25) is 0 Å². The fraction of sp³-hybridized carbons (Fsp3) is 0.300. The number of fused-ring (bicyclic) bond motifs is 1. The Hall–Kier alpha value is -1.49. The van der Waals surface area contributed by atoms with Gasteiger partial charge < -0.3 is 9.52 Å². The minimum absolute atomic E-state index is 0.166. The van der Waals surface area contributed by atoms with E-state index in [-0.39, 0.29) is 5.56 Å². The Morgan fingerprint density at radius 2 is 2.20 bits per heavy atom. The van der Waals surface area contributed by atoms with E-state index in [4.69, 9.17) is 9.52 Å². The molecule has 0 unspecified atom stereocenters. The number of halogens is 2. The molecule has 1 aromatic heterocycles. The van der Waals surface area contributed by atoms with Gasteiger partial charge in [0.25, 0.3) is 5.92 Å². The molecule has 0 aliphatic carbocycles. The summed E-state index contributed by atoms with van der Waals surface area (Å²) in [4.78, 5) is 3.83. The molecule has 0 bridgehead atoms. The molecule has 0 spiro atoms. The van der Waals surface area contributed by atoms with E-state index in [0.29, 0.717) is 11.1 Å². The SMILES string of the molecule is OCCC(F)(F)c1ccc2ncoc2c1. The van der Waals surface area contributed by atoms with Crippen molar-refractivity contribution in [2.24, 2.45) is 0 Å². The number of rotatable bonds is 3. The number of benzene rings is 1. The van der Waals surface area contributed by atoms with Crippen LogP contribution in [0.4, 0.5) is 8.78 Å². The summed E-state index contributed by atoms with van der Waals surface area (Å²) in [6, 6.07) is 4.01. The van der Waals surface area contributed by atoms with Crippen LogP contribution >= 0.6 is 0 Å². The maximum atomic E-state index is 13.4. The van der Waals surface area contributed by atoms with E-state index in [9.17, 15) is 8.78 Å². The lowest BCUT2D eigenvalue weighted by Crippen LogP contribution is -2.14. The van der Waals surface area contributed by atoms with Crippen molar-refractivity contribution in [3.8, 4) is 0 Å². The van der Waals surface area contributed by atoms with Crippen LogP contribution in [-0.2, 0) is 5.92 Å². The average Bonchev–Trinajstić information content (AvgIpc) is 2.63. The predicted molar refractivity (Wildman–Crippen MR) is 49.6 cm³/mol. The van der Waals surface area contributed by atoms with Gasteiger partial charge in [0, 0.05) is 18.6 Å². The van der Waals surface area contributed by atoms with Gasteiger partial charge in [-0.05, 0) is 12.1 Å². The van der Waals surface area contributed by atoms with E-state index in [2.05, 4.69) is 4.98 Å². The summed E-state index contributed by atoms with van der Waals surface area (Å²) in [6.07, 6.45) is 0.616. The molecule has 1 aromatic carbocycles. The number of aliphatic hydroxyl groups excluding tert-OH is 1. The van der Waals surface area contributed by atoms with Gasteiger partial charge >= 0.3 is 0 Å². The molecule has 80 valence electrons. The Kier molecular flexibility index (Phi) is 2.40. The molecule has 0 fully saturated rings. The largest absolute Gasteiger partial charge is 0.443 e. The second-order valence-corrected chi connectivity index (χ2v) is 3.21. The van der Waals surface area contributed by atoms with Crippen LogP contribution in [0.5, 0.6) is 0 Å².